The van der Waals surface area contributed by atoms with Gasteiger partial charge in [-0.1, -0.05) is 17.7 Å². The molecular formula is C14H16N2O4S2. The summed E-state index contributed by atoms with van der Waals surface area (Å²) < 4.78 is 27.3. The zero-order valence-corrected chi connectivity index (χ0v) is 13.8. The highest BCUT2D eigenvalue weighted by Crippen LogP contribution is 2.24. The lowest BCUT2D eigenvalue weighted by atomic mass is 10.2. The summed E-state index contributed by atoms with van der Waals surface area (Å²) in [4.78, 5) is 16.7. The normalized spacial score (nSPS) is 11.2. The molecule has 1 heterocycles. The first kappa shape index (κ1) is 16.5. The molecule has 0 saturated carbocycles. The molecule has 8 heteroatoms. The van der Waals surface area contributed by atoms with Crippen LogP contribution in [0.1, 0.15) is 22.2 Å². The SMILES string of the molecule is CCONC(=O)c1sccc1S(=O)(=O)Nc1ccc(C)cc1. The molecule has 0 aliphatic heterocycles. The van der Waals surface area contributed by atoms with Crippen LogP contribution in [0.2, 0.25) is 0 Å². The molecule has 0 aliphatic rings. The average molecular weight is 340 g/mol. The van der Waals surface area contributed by atoms with Crippen LogP contribution in [0.25, 0.3) is 0 Å². The first-order valence-corrected chi connectivity index (χ1v) is 8.89. The van der Waals surface area contributed by atoms with Crippen LogP contribution in [0.15, 0.2) is 40.6 Å². The Balaban J connectivity index is 2.25. The summed E-state index contributed by atoms with van der Waals surface area (Å²) in [6, 6.07) is 8.32. The van der Waals surface area contributed by atoms with Gasteiger partial charge in [0, 0.05) is 5.69 Å². The Bertz CT molecular complexity index is 751. The van der Waals surface area contributed by atoms with Crippen LogP contribution < -0.4 is 10.2 Å². The summed E-state index contributed by atoms with van der Waals surface area (Å²) in [5.74, 6) is -0.582. The van der Waals surface area contributed by atoms with Crippen molar-refractivity contribution in [1.29, 1.82) is 0 Å². The number of benzene rings is 1. The van der Waals surface area contributed by atoms with Gasteiger partial charge in [-0.3, -0.25) is 14.4 Å². The minimum absolute atomic E-state index is 0.0738. The van der Waals surface area contributed by atoms with E-state index < -0.39 is 15.9 Å². The number of sulfonamides is 1. The lowest BCUT2D eigenvalue weighted by Crippen LogP contribution is -2.25. The summed E-state index contributed by atoms with van der Waals surface area (Å²) in [5, 5.41) is 1.55. The van der Waals surface area contributed by atoms with E-state index >= 15 is 0 Å². The summed E-state index contributed by atoms with van der Waals surface area (Å²) in [5.41, 5.74) is 3.66. The number of nitrogens with one attached hydrogen (secondary N) is 2. The Kier molecular flexibility index (Phi) is 5.17. The lowest BCUT2D eigenvalue weighted by molar-refractivity contribution is 0.0366. The van der Waals surface area contributed by atoms with Crippen molar-refractivity contribution < 1.29 is 18.0 Å². The van der Waals surface area contributed by atoms with Crippen LogP contribution >= 0.6 is 11.3 Å². The van der Waals surface area contributed by atoms with Gasteiger partial charge in [0.1, 0.15) is 9.77 Å². The third-order valence-electron chi connectivity index (χ3n) is 2.74. The van der Waals surface area contributed by atoms with Crippen LogP contribution in [0, 0.1) is 6.92 Å². The highest BCUT2D eigenvalue weighted by Gasteiger charge is 2.24. The Hall–Kier alpha value is -1.90. The maximum atomic E-state index is 12.4. The maximum Gasteiger partial charge on any atom is 0.286 e. The van der Waals surface area contributed by atoms with Crippen molar-refractivity contribution in [2.24, 2.45) is 0 Å². The molecule has 0 unspecified atom stereocenters. The summed E-state index contributed by atoms with van der Waals surface area (Å²) >= 11 is 1.04. The molecule has 0 radical (unpaired) electrons. The Labute approximate surface area is 133 Å². The molecule has 0 fully saturated rings. The zero-order valence-electron chi connectivity index (χ0n) is 12.1. The molecule has 2 rings (SSSR count). The molecule has 0 spiro atoms. The van der Waals surface area contributed by atoms with Crippen molar-refractivity contribution in [2.45, 2.75) is 18.7 Å². The number of carbonyl (C=O) groups is 1. The number of rotatable bonds is 6. The molecule has 22 heavy (non-hydrogen) atoms. The number of thiophene rings is 1. The first-order valence-electron chi connectivity index (χ1n) is 6.53. The van der Waals surface area contributed by atoms with Crippen LogP contribution in [-0.2, 0) is 14.9 Å². The Morgan fingerprint density at radius 2 is 1.91 bits per heavy atom. The highest BCUT2D eigenvalue weighted by molar-refractivity contribution is 7.93. The molecule has 1 amide bonds. The smallest absolute Gasteiger partial charge is 0.280 e. The van der Waals surface area contributed by atoms with Gasteiger partial charge in [0.2, 0.25) is 0 Å². The number of anilines is 1. The first-order chi connectivity index (χ1) is 10.4. The van der Waals surface area contributed by atoms with Gasteiger partial charge in [-0.25, -0.2) is 13.9 Å². The third kappa shape index (κ3) is 3.85. The van der Waals surface area contributed by atoms with E-state index in [0.29, 0.717) is 12.3 Å². The van der Waals surface area contributed by atoms with Crippen molar-refractivity contribution >= 4 is 33.0 Å². The minimum Gasteiger partial charge on any atom is -0.280 e. The van der Waals surface area contributed by atoms with Gasteiger partial charge in [0.05, 0.1) is 6.61 Å². The van der Waals surface area contributed by atoms with Gasteiger partial charge in [-0.2, -0.15) is 0 Å². The van der Waals surface area contributed by atoms with E-state index in [1.54, 1.807) is 36.6 Å². The Morgan fingerprint density at radius 3 is 2.55 bits per heavy atom. The minimum atomic E-state index is -3.84. The highest BCUT2D eigenvalue weighted by atomic mass is 32.2. The molecule has 0 bridgehead atoms. The van der Waals surface area contributed by atoms with Crippen molar-refractivity contribution in [1.82, 2.24) is 5.48 Å². The standard InChI is InChI=1S/C14H16N2O4S2/c1-3-20-15-14(17)13-12(8-9-21-13)22(18,19)16-11-6-4-10(2)5-7-11/h4-9,16H,3H2,1-2H3,(H,15,17). The third-order valence-corrected chi connectivity index (χ3v) is 5.20. The van der Waals surface area contributed by atoms with E-state index in [9.17, 15) is 13.2 Å². The second-order valence-electron chi connectivity index (χ2n) is 4.45. The molecule has 2 N–H and O–H groups in total. The number of amides is 1. The number of carbonyl (C=O) groups excluding carboxylic acids is 1. The molecule has 0 atom stereocenters. The van der Waals surface area contributed by atoms with E-state index in [1.807, 2.05) is 6.92 Å². The molecule has 118 valence electrons. The lowest BCUT2D eigenvalue weighted by Gasteiger charge is -2.09. The predicted octanol–water partition coefficient (Wildman–Crippen LogP) is 2.54. The number of hydrogen-bond acceptors (Lipinski definition) is 5. The molecule has 1 aromatic heterocycles. The van der Waals surface area contributed by atoms with Crippen LogP contribution in [0.3, 0.4) is 0 Å². The second kappa shape index (κ2) is 6.91. The maximum absolute atomic E-state index is 12.4. The van der Waals surface area contributed by atoms with E-state index in [4.69, 9.17) is 4.84 Å². The molecule has 1 aromatic carbocycles. The van der Waals surface area contributed by atoms with Crippen LogP contribution in [0.5, 0.6) is 0 Å². The largest absolute Gasteiger partial charge is 0.286 e. The van der Waals surface area contributed by atoms with Crippen molar-refractivity contribution in [3.05, 3.63) is 46.2 Å². The van der Waals surface area contributed by atoms with Crippen molar-refractivity contribution in [2.75, 3.05) is 11.3 Å². The van der Waals surface area contributed by atoms with E-state index in [-0.39, 0.29) is 9.77 Å². The van der Waals surface area contributed by atoms with Crippen molar-refractivity contribution in [3.63, 3.8) is 0 Å². The van der Waals surface area contributed by atoms with E-state index in [2.05, 4.69) is 10.2 Å². The van der Waals surface area contributed by atoms with Gasteiger partial charge in [0.25, 0.3) is 15.9 Å². The number of hydroxylamine groups is 1. The predicted molar refractivity (Wildman–Crippen MR) is 85.4 cm³/mol. The van der Waals surface area contributed by atoms with Gasteiger partial charge in [-0.05, 0) is 37.4 Å². The fourth-order valence-corrected chi connectivity index (χ4v) is 4.06. The van der Waals surface area contributed by atoms with Crippen LogP contribution in [-0.4, -0.2) is 20.9 Å². The quantitative estimate of drug-likeness (QED) is 0.792. The zero-order chi connectivity index (χ0) is 16.2. The van der Waals surface area contributed by atoms with E-state index in [1.165, 1.54) is 6.07 Å². The summed E-state index contributed by atoms with van der Waals surface area (Å²) in [6.45, 7) is 3.92. The molecule has 2 aromatic rings. The van der Waals surface area contributed by atoms with Gasteiger partial charge in [0.15, 0.2) is 0 Å². The molecule has 0 saturated heterocycles. The second-order valence-corrected chi connectivity index (χ2v) is 7.02. The van der Waals surface area contributed by atoms with E-state index in [0.717, 1.165) is 16.9 Å². The monoisotopic (exact) mass is 340 g/mol. The molecule has 6 nitrogen and oxygen atoms in total. The fraction of sp³-hybridized carbons (Fsp3) is 0.214. The summed E-state index contributed by atoms with van der Waals surface area (Å²) in [7, 11) is -3.84. The Morgan fingerprint density at radius 1 is 1.23 bits per heavy atom. The molecular weight excluding hydrogens is 324 g/mol. The van der Waals surface area contributed by atoms with Gasteiger partial charge < -0.3 is 0 Å². The summed E-state index contributed by atoms with van der Waals surface area (Å²) in [6.07, 6.45) is 0. The fourth-order valence-electron chi connectivity index (χ4n) is 1.69. The van der Waals surface area contributed by atoms with Crippen LogP contribution in [0.4, 0.5) is 5.69 Å². The van der Waals surface area contributed by atoms with Gasteiger partial charge in [-0.15, -0.1) is 11.3 Å². The number of hydrogen-bond donors (Lipinski definition) is 2. The topological polar surface area (TPSA) is 84.5 Å². The van der Waals surface area contributed by atoms with Crippen molar-refractivity contribution in [3.8, 4) is 0 Å². The number of aryl methyl sites for hydroxylation is 1. The average Bonchev–Trinajstić information content (AvgIpc) is 2.97. The molecule has 0 aliphatic carbocycles. The van der Waals surface area contributed by atoms with Gasteiger partial charge >= 0.3 is 0 Å².